The largest absolute Gasteiger partial charge is 0.394 e. The van der Waals surface area contributed by atoms with E-state index in [1.165, 1.54) is 14.0 Å². The van der Waals surface area contributed by atoms with Crippen molar-refractivity contribution in [3.05, 3.63) is 0 Å². The second kappa shape index (κ2) is 12.9. The SMILES string of the molecule is CN[C@@H]1[C@H](O[C@H]2[C@H](O[C@H]3[C@H](O)[C@@H](O)[C@H](N=C(N)N)[C@@H](O)[C@@H]3N=C(N)N)O[C@@H](C)[C@]2(O)CO)O[C@@H](CO)[C@H](O)[C@H]1O. The molecule has 0 aromatic carbocycles. The van der Waals surface area contributed by atoms with Crippen molar-refractivity contribution in [2.45, 2.75) is 98.2 Å². The molecule has 0 bridgehead atoms. The van der Waals surface area contributed by atoms with Crippen LogP contribution in [0.5, 0.6) is 0 Å². The number of aliphatic hydroxyl groups excluding tert-OH is 7. The second-order valence-corrected chi connectivity index (χ2v) is 10.0. The molecular weight excluding hydrogens is 542 g/mol. The van der Waals surface area contributed by atoms with Gasteiger partial charge in [0.15, 0.2) is 24.5 Å². The maximum Gasteiger partial charge on any atom is 0.187 e. The molecule has 2 aliphatic heterocycles. The lowest BCUT2D eigenvalue weighted by Gasteiger charge is -2.45. The molecule has 0 radical (unpaired) electrons. The maximum atomic E-state index is 11.3. The van der Waals surface area contributed by atoms with Crippen molar-refractivity contribution >= 4 is 11.9 Å². The standard InChI is InChI=1S/C21H41N7O12/c1-5-21(36,4-30)16(40-17-9(26-2)13(34)10(31)6(3-29)38-17)18(37-5)39-15-8(28-20(24)25)11(32)7(27-19(22)23)12(33)14(15)35/h5-18,26,29-36H,3-4H2,1-2H3,(H4,22,23,27)(H4,24,25,28)/t5-,6-,7+,8-,9-,10-,11+,12-,13-,14+,15+,16-,17-,18-,21+/m0/s1. The van der Waals surface area contributed by atoms with Crippen molar-refractivity contribution in [1.82, 2.24) is 5.32 Å². The van der Waals surface area contributed by atoms with Crippen LogP contribution in [-0.2, 0) is 18.9 Å². The third-order valence-electron chi connectivity index (χ3n) is 7.49. The van der Waals surface area contributed by atoms with Crippen LogP contribution < -0.4 is 28.3 Å². The van der Waals surface area contributed by atoms with E-state index in [0.717, 1.165) is 0 Å². The van der Waals surface area contributed by atoms with Crippen LogP contribution in [0.1, 0.15) is 6.92 Å². The second-order valence-electron chi connectivity index (χ2n) is 10.0. The van der Waals surface area contributed by atoms with Gasteiger partial charge in [-0.3, -0.25) is 0 Å². The highest BCUT2D eigenvalue weighted by molar-refractivity contribution is 5.76. The number of hydrogen-bond acceptors (Lipinski definition) is 15. The predicted molar refractivity (Wildman–Crippen MR) is 134 cm³/mol. The minimum Gasteiger partial charge on any atom is -0.394 e. The molecule has 3 aliphatic rings. The summed E-state index contributed by atoms with van der Waals surface area (Å²) in [5.74, 6) is -1.01. The first-order valence-corrected chi connectivity index (χ1v) is 12.5. The van der Waals surface area contributed by atoms with Crippen LogP contribution in [0.25, 0.3) is 0 Å². The zero-order valence-corrected chi connectivity index (χ0v) is 21.9. The number of hydrogen-bond donors (Lipinski definition) is 13. The molecule has 0 aromatic rings. The topological polar surface area (TPSA) is 340 Å². The zero-order chi connectivity index (χ0) is 30.1. The first-order valence-electron chi connectivity index (χ1n) is 12.5. The van der Waals surface area contributed by atoms with Gasteiger partial charge in [-0.15, -0.1) is 0 Å². The first kappa shape index (κ1) is 32.5. The van der Waals surface area contributed by atoms with Crippen LogP contribution in [0.4, 0.5) is 0 Å². The number of aliphatic imine (C=N–C) groups is 2. The summed E-state index contributed by atoms with van der Waals surface area (Å²) >= 11 is 0. The highest BCUT2D eigenvalue weighted by Crippen LogP contribution is 2.39. The Bertz CT molecular complexity index is 911. The van der Waals surface area contributed by atoms with Crippen molar-refractivity contribution in [2.24, 2.45) is 32.9 Å². The van der Waals surface area contributed by atoms with Crippen LogP contribution in [0.15, 0.2) is 9.98 Å². The van der Waals surface area contributed by atoms with E-state index in [9.17, 15) is 40.9 Å². The molecular formula is C21H41N7O12. The van der Waals surface area contributed by atoms with E-state index < -0.39 is 116 Å². The van der Waals surface area contributed by atoms with E-state index in [1.54, 1.807) is 0 Å². The molecule has 40 heavy (non-hydrogen) atoms. The molecule has 19 nitrogen and oxygen atoms in total. The fourth-order valence-electron chi connectivity index (χ4n) is 5.17. The Morgan fingerprint density at radius 1 is 0.825 bits per heavy atom. The van der Waals surface area contributed by atoms with Gasteiger partial charge < -0.3 is 88.1 Å². The molecule has 3 rings (SSSR count). The smallest absolute Gasteiger partial charge is 0.187 e. The summed E-state index contributed by atoms with van der Waals surface area (Å²) in [4.78, 5) is 7.66. The van der Waals surface area contributed by atoms with Gasteiger partial charge in [0.25, 0.3) is 0 Å². The number of likely N-dealkylation sites (N-methyl/N-ethyl adjacent to an activating group) is 1. The van der Waals surface area contributed by atoms with E-state index in [1.807, 2.05) is 0 Å². The highest BCUT2D eigenvalue weighted by Gasteiger charge is 2.60. The number of rotatable bonds is 9. The summed E-state index contributed by atoms with van der Waals surface area (Å²) in [6, 6.07) is -4.00. The van der Waals surface area contributed by atoms with Gasteiger partial charge in [-0.1, -0.05) is 0 Å². The minimum atomic E-state index is -2.15. The molecule has 1 saturated carbocycles. The number of ether oxygens (including phenoxy) is 4. The van der Waals surface area contributed by atoms with E-state index in [-0.39, 0.29) is 0 Å². The molecule has 0 spiro atoms. The molecule has 0 amide bonds. The van der Waals surface area contributed by atoms with E-state index in [4.69, 9.17) is 41.9 Å². The molecule has 15 atom stereocenters. The number of nitrogens with zero attached hydrogens (tertiary/aromatic N) is 2. The van der Waals surface area contributed by atoms with E-state index >= 15 is 0 Å². The Morgan fingerprint density at radius 3 is 1.95 bits per heavy atom. The zero-order valence-electron chi connectivity index (χ0n) is 21.9. The molecule has 2 saturated heterocycles. The van der Waals surface area contributed by atoms with Gasteiger partial charge in [0.05, 0.1) is 25.4 Å². The quantitative estimate of drug-likeness (QED) is 0.0884. The molecule has 1 aliphatic carbocycles. The molecule has 17 N–H and O–H groups in total. The van der Waals surface area contributed by atoms with Crippen LogP contribution in [0.2, 0.25) is 0 Å². The van der Waals surface area contributed by atoms with Crippen molar-refractivity contribution in [1.29, 1.82) is 0 Å². The lowest BCUT2D eigenvalue weighted by Crippen LogP contribution is -2.66. The summed E-state index contributed by atoms with van der Waals surface area (Å²) < 4.78 is 23.2. The van der Waals surface area contributed by atoms with E-state index in [0.29, 0.717) is 0 Å². The van der Waals surface area contributed by atoms with Crippen LogP contribution >= 0.6 is 0 Å². The Kier molecular flexibility index (Phi) is 10.5. The molecule has 232 valence electrons. The first-order chi connectivity index (χ1) is 18.7. The molecule has 0 aromatic heterocycles. The summed E-state index contributed by atoms with van der Waals surface area (Å²) in [6.45, 7) is -0.199. The molecule has 3 fully saturated rings. The molecule has 19 heteroatoms. The Labute approximate surface area is 229 Å². The molecule has 0 unspecified atom stereocenters. The Morgan fingerprint density at radius 2 is 1.43 bits per heavy atom. The van der Waals surface area contributed by atoms with Crippen LogP contribution in [0, 0.1) is 0 Å². The van der Waals surface area contributed by atoms with Crippen molar-refractivity contribution in [2.75, 3.05) is 20.3 Å². The number of nitrogens with two attached hydrogens (primary N) is 4. The number of nitrogens with one attached hydrogen (secondary N) is 1. The Balaban J connectivity index is 1.96. The third-order valence-corrected chi connectivity index (χ3v) is 7.49. The average molecular weight is 584 g/mol. The summed E-state index contributed by atoms with van der Waals surface area (Å²) in [7, 11) is 1.44. The lowest BCUT2D eigenvalue weighted by molar-refractivity contribution is -0.317. The number of aliphatic hydroxyl groups is 8. The van der Waals surface area contributed by atoms with Gasteiger partial charge in [0.2, 0.25) is 0 Å². The van der Waals surface area contributed by atoms with Crippen molar-refractivity contribution < 1.29 is 59.8 Å². The van der Waals surface area contributed by atoms with E-state index in [2.05, 4.69) is 15.3 Å². The lowest BCUT2D eigenvalue weighted by atomic mass is 9.81. The van der Waals surface area contributed by atoms with Crippen LogP contribution in [-0.4, -0.2) is 164 Å². The van der Waals surface area contributed by atoms with Gasteiger partial charge in [0.1, 0.15) is 66.5 Å². The van der Waals surface area contributed by atoms with Gasteiger partial charge in [0, 0.05) is 0 Å². The maximum absolute atomic E-state index is 11.3. The van der Waals surface area contributed by atoms with Gasteiger partial charge in [-0.25, -0.2) is 9.98 Å². The normalized spacial score (nSPS) is 47.5. The van der Waals surface area contributed by atoms with Gasteiger partial charge in [-0.2, -0.15) is 0 Å². The monoisotopic (exact) mass is 583 g/mol. The minimum absolute atomic E-state index is 0.493. The van der Waals surface area contributed by atoms with Crippen molar-refractivity contribution in [3.8, 4) is 0 Å². The average Bonchev–Trinajstić information content (AvgIpc) is 3.13. The summed E-state index contributed by atoms with van der Waals surface area (Å²) in [5, 5.41) is 87.0. The molecule has 2 heterocycles. The fraction of sp³-hybridized carbons (Fsp3) is 0.905. The fourth-order valence-corrected chi connectivity index (χ4v) is 5.17. The third kappa shape index (κ3) is 6.11. The number of guanidine groups is 2. The summed E-state index contributed by atoms with van der Waals surface area (Å²) in [6.07, 6.45) is -16.9. The van der Waals surface area contributed by atoms with Gasteiger partial charge >= 0.3 is 0 Å². The predicted octanol–water partition coefficient (Wildman–Crippen LogP) is -8.37. The summed E-state index contributed by atoms with van der Waals surface area (Å²) in [5.41, 5.74) is 19.7. The van der Waals surface area contributed by atoms with Crippen molar-refractivity contribution in [3.63, 3.8) is 0 Å². The highest BCUT2D eigenvalue weighted by atomic mass is 16.8. The van der Waals surface area contributed by atoms with Crippen LogP contribution in [0.3, 0.4) is 0 Å². The van der Waals surface area contributed by atoms with Gasteiger partial charge in [-0.05, 0) is 14.0 Å². The Hall–Kier alpha value is -1.98.